The highest BCUT2D eigenvalue weighted by Gasteiger charge is 2.24. The normalized spacial score (nSPS) is 11.6. The Morgan fingerprint density at radius 1 is 0.144 bits per heavy atom. The number of fused-ring (bicyclic) bond motifs is 10. The molecule has 420 valence electrons. The fourth-order valence-electron chi connectivity index (χ4n) is 14.6. The van der Waals surface area contributed by atoms with Gasteiger partial charge in [-0.25, -0.2) is 0 Å². The van der Waals surface area contributed by atoms with Crippen molar-refractivity contribution in [2.75, 3.05) is 0 Å². The third-order valence-electron chi connectivity index (χ3n) is 18.4. The topological polar surface area (TPSA) is 9.86 Å². The number of rotatable bonds is 8. The molecule has 0 saturated heterocycles. The third-order valence-corrected chi connectivity index (χ3v) is 18.4. The molecule has 2 heterocycles. The predicted molar refractivity (Wildman–Crippen MR) is 384 cm³/mol. The zero-order valence-corrected chi connectivity index (χ0v) is 49.4. The van der Waals surface area contributed by atoms with Gasteiger partial charge in [0.25, 0.3) is 0 Å². The minimum absolute atomic E-state index is 1.15. The Balaban J connectivity index is 0.000000144. The molecule has 18 aromatic rings. The lowest BCUT2D eigenvalue weighted by Crippen LogP contribution is -1.97. The maximum absolute atomic E-state index is 2.44. The van der Waals surface area contributed by atoms with E-state index in [0.29, 0.717) is 0 Å². The first-order valence-electron chi connectivity index (χ1n) is 31.1. The van der Waals surface area contributed by atoms with Gasteiger partial charge in [0.2, 0.25) is 0 Å². The molecule has 0 aliphatic carbocycles. The molecule has 18 rings (SSSR count). The van der Waals surface area contributed by atoms with Crippen molar-refractivity contribution in [2.45, 2.75) is 0 Å². The maximum atomic E-state index is 2.44. The van der Waals surface area contributed by atoms with Gasteiger partial charge in [0.05, 0.1) is 22.1 Å². The number of hydrogen-bond acceptors (Lipinski definition) is 0. The summed E-state index contributed by atoms with van der Waals surface area (Å²) in [4.78, 5) is 0. The molecule has 16 aromatic carbocycles. The number of benzene rings is 16. The van der Waals surface area contributed by atoms with Crippen LogP contribution in [0.2, 0.25) is 0 Å². The Hall–Kier alpha value is -11.8. The van der Waals surface area contributed by atoms with Gasteiger partial charge in [-0.1, -0.05) is 303 Å². The summed E-state index contributed by atoms with van der Waals surface area (Å²) in [6, 6.07) is 128. The second kappa shape index (κ2) is 22.1. The van der Waals surface area contributed by atoms with E-state index in [1.165, 1.54) is 159 Å². The average Bonchev–Trinajstić information content (AvgIpc) is 0.960. The van der Waals surface area contributed by atoms with E-state index in [9.17, 15) is 0 Å². The maximum Gasteiger partial charge on any atom is 0.0541 e. The molecular formula is C88H58N2. The second-order valence-electron chi connectivity index (χ2n) is 23.3. The van der Waals surface area contributed by atoms with Crippen molar-refractivity contribution < 1.29 is 0 Å². The van der Waals surface area contributed by atoms with E-state index in [2.05, 4.69) is 361 Å². The predicted octanol–water partition coefficient (Wildman–Crippen LogP) is 24.2. The molecule has 0 radical (unpaired) electrons. The smallest absolute Gasteiger partial charge is 0.0541 e. The molecule has 2 nitrogen and oxygen atoms in total. The Labute approximate surface area is 522 Å². The molecule has 0 atom stereocenters. The van der Waals surface area contributed by atoms with Gasteiger partial charge >= 0.3 is 0 Å². The first-order chi connectivity index (χ1) is 44.7. The standard InChI is InChI=1S/C50H33N.C38H25N/c1-3-17-34(18-4-1)37-21-7-9-25-41(37)49-43-27-11-12-28-44(43)50(42-26-10-8-22-38(42)35-19-5-2-6-20-35)46-33-36(31-32-45(46)49)51-47-29-15-13-23-39(47)40-24-14-16-30-48(40)51;1-3-13-26(14-4-1)37-31-19-7-8-20-32(31)38(27-15-5-2-6-16-27)34-25-28(23-24-33(34)37)39-35-21-11-9-17-29(35)30-18-10-12-22-36(30)39/h1-33H;1-25H. The van der Waals surface area contributed by atoms with Crippen molar-refractivity contribution in [3.05, 3.63) is 352 Å². The summed E-state index contributed by atoms with van der Waals surface area (Å²) in [5, 5.41) is 15.1. The van der Waals surface area contributed by atoms with E-state index in [-0.39, 0.29) is 0 Å². The lowest BCUT2D eigenvalue weighted by atomic mass is 9.82. The Morgan fingerprint density at radius 3 is 0.744 bits per heavy atom. The summed E-state index contributed by atoms with van der Waals surface area (Å²) in [5.41, 5.74) is 22.1. The third kappa shape index (κ3) is 8.72. The molecule has 0 N–H and O–H groups in total. The van der Waals surface area contributed by atoms with Crippen LogP contribution in [-0.4, -0.2) is 9.13 Å². The van der Waals surface area contributed by atoms with E-state index in [0.717, 1.165) is 5.69 Å². The molecule has 0 unspecified atom stereocenters. The highest BCUT2D eigenvalue weighted by atomic mass is 15.0. The van der Waals surface area contributed by atoms with Crippen molar-refractivity contribution in [1.82, 2.24) is 9.13 Å². The first-order valence-corrected chi connectivity index (χ1v) is 31.1. The number of hydrogen-bond donors (Lipinski definition) is 0. The Bertz CT molecular complexity index is 5650. The van der Waals surface area contributed by atoms with Crippen molar-refractivity contribution in [2.24, 2.45) is 0 Å². The van der Waals surface area contributed by atoms with Gasteiger partial charge in [-0.2, -0.15) is 0 Å². The minimum Gasteiger partial charge on any atom is -0.309 e. The average molecular weight is 1140 g/mol. The Morgan fingerprint density at radius 2 is 0.378 bits per heavy atom. The molecule has 2 aromatic heterocycles. The van der Waals surface area contributed by atoms with Crippen LogP contribution >= 0.6 is 0 Å². The van der Waals surface area contributed by atoms with Crippen molar-refractivity contribution in [3.63, 3.8) is 0 Å². The Kier molecular flexibility index (Phi) is 12.9. The monoisotopic (exact) mass is 1140 g/mol. The summed E-state index contributed by atoms with van der Waals surface area (Å²) >= 11 is 0. The van der Waals surface area contributed by atoms with Crippen LogP contribution < -0.4 is 0 Å². The van der Waals surface area contributed by atoms with E-state index < -0.39 is 0 Å². The zero-order chi connectivity index (χ0) is 59.5. The number of para-hydroxylation sites is 4. The van der Waals surface area contributed by atoms with Gasteiger partial charge in [-0.15, -0.1) is 0 Å². The van der Waals surface area contributed by atoms with Crippen LogP contribution in [0.3, 0.4) is 0 Å². The molecule has 0 saturated carbocycles. The summed E-state index contributed by atoms with van der Waals surface area (Å²) in [6.07, 6.45) is 0. The van der Waals surface area contributed by atoms with Gasteiger partial charge < -0.3 is 9.13 Å². The summed E-state index contributed by atoms with van der Waals surface area (Å²) < 4.78 is 4.85. The largest absolute Gasteiger partial charge is 0.309 e. The zero-order valence-electron chi connectivity index (χ0n) is 49.4. The highest BCUT2D eigenvalue weighted by molar-refractivity contribution is 6.25. The number of aromatic nitrogens is 2. The molecule has 0 aliphatic heterocycles. The van der Waals surface area contributed by atoms with Crippen LogP contribution in [0.1, 0.15) is 0 Å². The quantitative estimate of drug-likeness (QED) is 0.134. The summed E-state index contributed by atoms with van der Waals surface area (Å²) in [6.45, 7) is 0. The van der Waals surface area contributed by atoms with Gasteiger partial charge in [-0.05, 0) is 158 Å². The van der Waals surface area contributed by atoms with Crippen molar-refractivity contribution >= 4 is 86.7 Å². The van der Waals surface area contributed by atoms with Crippen LogP contribution in [-0.2, 0) is 0 Å². The fraction of sp³-hybridized carbons (Fsp3) is 0. The summed E-state index contributed by atoms with van der Waals surface area (Å²) in [7, 11) is 0. The molecular weight excluding hydrogens is 1080 g/mol. The van der Waals surface area contributed by atoms with Gasteiger partial charge in [0, 0.05) is 32.9 Å². The van der Waals surface area contributed by atoms with E-state index in [1.807, 2.05) is 0 Å². The van der Waals surface area contributed by atoms with Crippen LogP contribution in [0.5, 0.6) is 0 Å². The number of nitrogens with zero attached hydrogens (tertiary/aromatic N) is 2. The minimum atomic E-state index is 1.15. The lowest BCUT2D eigenvalue weighted by molar-refractivity contribution is 1.19. The molecule has 0 spiro atoms. The molecule has 90 heavy (non-hydrogen) atoms. The van der Waals surface area contributed by atoms with Crippen LogP contribution in [0.4, 0.5) is 0 Å². The van der Waals surface area contributed by atoms with E-state index in [1.54, 1.807) is 0 Å². The molecule has 0 amide bonds. The molecule has 2 heteroatoms. The van der Waals surface area contributed by atoms with Crippen LogP contribution in [0.25, 0.3) is 165 Å². The SMILES string of the molecule is c1ccc(-c2c3ccccc3c(-c3ccccc3)c3cc(-n4c5ccccc5c5ccccc54)ccc23)cc1.c1ccc(-c2ccccc2-c2c3ccccc3c(-c3ccccc3-c3ccccc3)c3cc(-n4c5ccccc5c5ccccc54)ccc23)cc1. The molecule has 0 aliphatic rings. The van der Waals surface area contributed by atoms with Crippen LogP contribution in [0, 0.1) is 0 Å². The first kappa shape index (κ1) is 52.5. The van der Waals surface area contributed by atoms with Crippen LogP contribution in [0.15, 0.2) is 352 Å². The van der Waals surface area contributed by atoms with Crippen molar-refractivity contribution in [1.29, 1.82) is 0 Å². The highest BCUT2D eigenvalue weighted by Crippen LogP contribution is 2.50. The van der Waals surface area contributed by atoms with Gasteiger partial charge in [-0.3, -0.25) is 0 Å². The molecule has 0 fully saturated rings. The van der Waals surface area contributed by atoms with E-state index in [4.69, 9.17) is 0 Å². The van der Waals surface area contributed by atoms with E-state index >= 15 is 0 Å². The fourth-order valence-corrected chi connectivity index (χ4v) is 14.6. The second-order valence-corrected chi connectivity index (χ2v) is 23.3. The lowest BCUT2D eigenvalue weighted by Gasteiger charge is -2.22. The van der Waals surface area contributed by atoms with Gasteiger partial charge in [0.15, 0.2) is 0 Å². The van der Waals surface area contributed by atoms with Gasteiger partial charge in [0.1, 0.15) is 0 Å². The summed E-state index contributed by atoms with van der Waals surface area (Å²) in [5.74, 6) is 0. The van der Waals surface area contributed by atoms with Crippen molar-refractivity contribution in [3.8, 4) is 78.1 Å². The molecule has 0 bridgehead atoms.